The van der Waals surface area contributed by atoms with Crippen LogP contribution in [-0.2, 0) is 11.2 Å². The average Bonchev–Trinajstić information content (AvgIpc) is 2.46. The van der Waals surface area contributed by atoms with E-state index in [4.69, 9.17) is 4.74 Å². The van der Waals surface area contributed by atoms with Gasteiger partial charge in [-0.1, -0.05) is 37.5 Å². The molecule has 2 nitrogen and oxygen atoms in total. The minimum absolute atomic E-state index is 0.327. The fraction of sp³-hybridized carbons (Fsp3) is 0.562. The predicted octanol–water partition coefficient (Wildman–Crippen LogP) is 3.78. The molecule has 18 heavy (non-hydrogen) atoms. The number of hydrogen-bond acceptors (Lipinski definition) is 2. The third kappa shape index (κ3) is 3.34. The van der Waals surface area contributed by atoms with Crippen LogP contribution in [0.4, 0.5) is 0 Å². The van der Waals surface area contributed by atoms with Crippen molar-refractivity contribution in [1.29, 1.82) is 0 Å². The molecule has 0 atom stereocenters. The first kappa shape index (κ1) is 13.1. The highest BCUT2D eigenvalue weighted by Gasteiger charge is 2.20. The molecule has 1 aliphatic carbocycles. The summed E-state index contributed by atoms with van der Waals surface area (Å²) >= 11 is 0. The molecule has 98 valence electrons. The monoisotopic (exact) mass is 246 g/mol. The molecule has 1 fully saturated rings. The molecule has 0 unspecified atom stereocenters. The van der Waals surface area contributed by atoms with Gasteiger partial charge in [0.2, 0.25) is 0 Å². The van der Waals surface area contributed by atoms with Crippen LogP contribution < -0.4 is 4.74 Å². The zero-order valence-corrected chi connectivity index (χ0v) is 11.2. The molecular weight excluding hydrogens is 224 g/mol. The maximum atomic E-state index is 12.1. The summed E-state index contributed by atoms with van der Waals surface area (Å²) in [6.07, 6.45) is 7.42. The van der Waals surface area contributed by atoms with Crippen LogP contribution in [0.5, 0.6) is 5.75 Å². The van der Waals surface area contributed by atoms with Gasteiger partial charge >= 0.3 is 0 Å². The number of aryl methyl sites for hydroxylation is 1. The number of benzene rings is 1. The van der Waals surface area contributed by atoms with Crippen molar-refractivity contribution < 1.29 is 9.53 Å². The second-order valence-electron chi connectivity index (χ2n) is 5.11. The Morgan fingerprint density at radius 1 is 1.22 bits per heavy atom. The van der Waals surface area contributed by atoms with Gasteiger partial charge in [0.25, 0.3) is 0 Å². The summed E-state index contributed by atoms with van der Waals surface area (Å²) in [6.45, 7) is 0. The van der Waals surface area contributed by atoms with E-state index in [1.165, 1.54) is 19.3 Å². The number of hydrogen-bond donors (Lipinski definition) is 0. The standard InChI is InChI=1S/C16H22O2/c1-18-16-10-6-5-9-14(16)11-12-15(17)13-7-3-2-4-8-13/h5-6,9-10,13H,2-4,7-8,11-12H2,1H3. The van der Waals surface area contributed by atoms with Crippen LogP contribution >= 0.6 is 0 Å². The van der Waals surface area contributed by atoms with Crippen molar-refractivity contribution >= 4 is 5.78 Å². The van der Waals surface area contributed by atoms with Crippen LogP contribution in [0.25, 0.3) is 0 Å². The summed E-state index contributed by atoms with van der Waals surface area (Å²) in [6, 6.07) is 7.97. The van der Waals surface area contributed by atoms with E-state index in [1.54, 1.807) is 7.11 Å². The molecule has 0 heterocycles. The van der Waals surface area contributed by atoms with Crippen molar-refractivity contribution in [3.05, 3.63) is 29.8 Å². The number of ether oxygens (including phenoxy) is 1. The minimum atomic E-state index is 0.327. The quantitative estimate of drug-likeness (QED) is 0.790. The predicted molar refractivity (Wildman–Crippen MR) is 72.9 cm³/mol. The van der Waals surface area contributed by atoms with Crippen molar-refractivity contribution in [2.75, 3.05) is 7.11 Å². The molecule has 1 aromatic rings. The van der Waals surface area contributed by atoms with Crippen LogP contribution in [0, 0.1) is 5.92 Å². The Labute approximate surface area is 109 Å². The van der Waals surface area contributed by atoms with Crippen LogP contribution in [0.3, 0.4) is 0 Å². The maximum Gasteiger partial charge on any atom is 0.136 e. The molecule has 1 aromatic carbocycles. The Hall–Kier alpha value is -1.31. The number of ketones is 1. The van der Waals surface area contributed by atoms with Crippen molar-refractivity contribution in [3.63, 3.8) is 0 Å². The molecule has 0 aromatic heterocycles. The van der Waals surface area contributed by atoms with Gasteiger partial charge in [0.15, 0.2) is 0 Å². The third-order valence-corrected chi connectivity index (χ3v) is 3.89. The lowest BCUT2D eigenvalue weighted by atomic mass is 9.84. The fourth-order valence-electron chi connectivity index (χ4n) is 2.80. The van der Waals surface area contributed by atoms with E-state index < -0.39 is 0 Å². The van der Waals surface area contributed by atoms with Crippen LogP contribution in [0.15, 0.2) is 24.3 Å². The first-order chi connectivity index (χ1) is 8.81. The molecule has 0 saturated heterocycles. The number of carbonyl (C=O) groups excluding carboxylic acids is 1. The molecule has 0 spiro atoms. The highest BCUT2D eigenvalue weighted by Crippen LogP contribution is 2.26. The van der Waals surface area contributed by atoms with E-state index in [9.17, 15) is 4.79 Å². The van der Waals surface area contributed by atoms with E-state index in [-0.39, 0.29) is 0 Å². The lowest BCUT2D eigenvalue weighted by molar-refractivity contribution is -0.123. The smallest absolute Gasteiger partial charge is 0.136 e. The molecule has 0 aliphatic heterocycles. The van der Waals surface area contributed by atoms with Gasteiger partial charge in [-0.15, -0.1) is 0 Å². The van der Waals surface area contributed by atoms with Crippen molar-refractivity contribution in [1.82, 2.24) is 0 Å². The Morgan fingerprint density at radius 3 is 2.67 bits per heavy atom. The van der Waals surface area contributed by atoms with Gasteiger partial charge < -0.3 is 4.74 Å². The largest absolute Gasteiger partial charge is 0.496 e. The normalized spacial score (nSPS) is 16.5. The number of rotatable bonds is 5. The Morgan fingerprint density at radius 2 is 1.94 bits per heavy atom. The van der Waals surface area contributed by atoms with Crippen LogP contribution in [0.1, 0.15) is 44.1 Å². The molecule has 0 N–H and O–H groups in total. The summed E-state index contributed by atoms with van der Waals surface area (Å²) in [4.78, 5) is 12.1. The van der Waals surface area contributed by atoms with E-state index in [2.05, 4.69) is 0 Å². The number of methoxy groups -OCH3 is 1. The average molecular weight is 246 g/mol. The molecule has 0 amide bonds. The fourth-order valence-corrected chi connectivity index (χ4v) is 2.80. The zero-order chi connectivity index (χ0) is 12.8. The first-order valence-corrected chi connectivity index (χ1v) is 6.96. The maximum absolute atomic E-state index is 12.1. The first-order valence-electron chi connectivity index (χ1n) is 6.96. The van der Waals surface area contributed by atoms with Gasteiger partial charge in [0.1, 0.15) is 11.5 Å². The van der Waals surface area contributed by atoms with E-state index in [0.717, 1.165) is 30.6 Å². The van der Waals surface area contributed by atoms with Crippen molar-refractivity contribution in [2.45, 2.75) is 44.9 Å². The zero-order valence-electron chi connectivity index (χ0n) is 11.2. The van der Waals surface area contributed by atoms with Crippen LogP contribution in [-0.4, -0.2) is 12.9 Å². The summed E-state index contributed by atoms with van der Waals surface area (Å²) in [5.41, 5.74) is 1.14. The second-order valence-corrected chi connectivity index (χ2v) is 5.11. The lowest BCUT2D eigenvalue weighted by Crippen LogP contribution is -2.18. The van der Waals surface area contributed by atoms with E-state index in [0.29, 0.717) is 18.1 Å². The summed E-state index contributed by atoms with van der Waals surface area (Å²) < 4.78 is 5.31. The van der Waals surface area contributed by atoms with Gasteiger partial charge in [-0.05, 0) is 30.9 Å². The third-order valence-electron chi connectivity index (χ3n) is 3.89. The van der Waals surface area contributed by atoms with Crippen molar-refractivity contribution in [3.8, 4) is 5.75 Å². The van der Waals surface area contributed by atoms with Gasteiger partial charge in [-0.3, -0.25) is 4.79 Å². The Kier molecular flexibility index (Phi) is 4.80. The summed E-state index contributed by atoms with van der Waals surface area (Å²) in [5.74, 6) is 1.67. The molecule has 2 heteroatoms. The minimum Gasteiger partial charge on any atom is -0.496 e. The van der Waals surface area contributed by atoms with Gasteiger partial charge in [-0.2, -0.15) is 0 Å². The Bertz CT molecular complexity index is 392. The number of carbonyl (C=O) groups is 1. The highest BCUT2D eigenvalue weighted by atomic mass is 16.5. The topological polar surface area (TPSA) is 26.3 Å². The molecule has 1 saturated carbocycles. The molecule has 0 bridgehead atoms. The summed E-state index contributed by atoms with van der Waals surface area (Å²) in [5, 5.41) is 0. The molecule has 2 rings (SSSR count). The second kappa shape index (κ2) is 6.58. The lowest BCUT2D eigenvalue weighted by Gasteiger charge is -2.20. The van der Waals surface area contributed by atoms with E-state index in [1.807, 2.05) is 24.3 Å². The highest BCUT2D eigenvalue weighted by molar-refractivity contribution is 5.81. The molecule has 0 radical (unpaired) electrons. The van der Waals surface area contributed by atoms with Crippen LogP contribution in [0.2, 0.25) is 0 Å². The van der Waals surface area contributed by atoms with Gasteiger partial charge in [0.05, 0.1) is 7.11 Å². The van der Waals surface area contributed by atoms with Gasteiger partial charge in [-0.25, -0.2) is 0 Å². The SMILES string of the molecule is COc1ccccc1CCC(=O)C1CCCCC1. The summed E-state index contributed by atoms with van der Waals surface area (Å²) in [7, 11) is 1.68. The number of Topliss-reactive ketones (excluding diaryl/α,β-unsaturated/α-hetero) is 1. The van der Waals surface area contributed by atoms with E-state index >= 15 is 0 Å². The van der Waals surface area contributed by atoms with Gasteiger partial charge in [0, 0.05) is 12.3 Å². The van der Waals surface area contributed by atoms with Crippen molar-refractivity contribution in [2.24, 2.45) is 5.92 Å². The number of para-hydroxylation sites is 1. The Balaban J connectivity index is 1.88. The molecular formula is C16H22O2. The molecule has 1 aliphatic rings.